The Hall–Kier alpha value is -0.110. The van der Waals surface area contributed by atoms with Crippen LogP contribution in [0.1, 0.15) is 5.56 Å². The fourth-order valence-electron chi connectivity index (χ4n) is 1.11. The summed E-state index contributed by atoms with van der Waals surface area (Å²) < 4.78 is 1.68. The average molecular weight is 418 g/mol. The molecular weight excluding hydrogens is 410 g/mol. The summed E-state index contributed by atoms with van der Waals surface area (Å²) >= 11 is 9.71. The minimum Gasteiger partial charge on any atom is -0.507 e. The predicted octanol–water partition coefficient (Wildman–Crippen LogP) is 2.63. The van der Waals surface area contributed by atoms with E-state index in [4.69, 9.17) is 10.8 Å². The molecule has 1 aromatic rings. The normalized spacial score (nSPS) is 12.5. The molecule has 0 aromatic heterocycles. The van der Waals surface area contributed by atoms with Gasteiger partial charge < -0.3 is 15.9 Å². The van der Waals surface area contributed by atoms with E-state index in [0.29, 0.717) is 19.0 Å². The van der Waals surface area contributed by atoms with Crippen LogP contribution in [0.5, 0.6) is 5.75 Å². The van der Waals surface area contributed by atoms with Crippen molar-refractivity contribution >= 4 is 53.8 Å². The summed E-state index contributed by atoms with van der Waals surface area (Å²) in [4.78, 5) is 10.7. The summed E-state index contributed by atoms with van der Waals surface area (Å²) in [5.41, 5.74) is 6.15. The average Bonchev–Trinajstić information content (AvgIpc) is 2.20. The van der Waals surface area contributed by atoms with Crippen molar-refractivity contribution in [3.8, 4) is 5.75 Å². The van der Waals surface area contributed by atoms with Crippen molar-refractivity contribution in [2.45, 2.75) is 12.5 Å². The third-order valence-corrected chi connectivity index (χ3v) is 4.89. The minimum absolute atomic E-state index is 0.0615. The Morgan fingerprint density at radius 1 is 1.38 bits per heavy atom. The molecule has 0 unspecified atom stereocenters. The molecule has 0 saturated heterocycles. The first-order valence-corrected chi connectivity index (χ1v) is 6.56. The maximum absolute atomic E-state index is 10.7. The second-order valence-electron chi connectivity index (χ2n) is 3.13. The zero-order chi connectivity index (χ0) is 12.5. The van der Waals surface area contributed by atoms with E-state index in [1.54, 1.807) is 0 Å². The van der Waals surface area contributed by atoms with E-state index in [1.807, 2.05) is 0 Å². The molecule has 7 heteroatoms. The van der Waals surface area contributed by atoms with Crippen molar-refractivity contribution in [1.82, 2.24) is 0 Å². The number of phenols is 1. The lowest BCUT2D eigenvalue weighted by molar-refractivity contribution is -0.138. The van der Waals surface area contributed by atoms with Crippen LogP contribution in [0.25, 0.3) is 0 Å². The van der Waals surface area contributed by atoms with E-state index in [-0.39, 0.29) is 12.2 Å². The number of benzene rings is 1. The number of phenolic OH excluding ortho intramolecular Hbond substituents is 1. The lowest BCUT2D eigenvalue weighted by Crippen LogP contribution is -2.32. The molecule has 0 bridgehead atoms. The molecule has 0 radical (unpaired) electrons. The Labute approximate surface area is 117 Å². The maximum atomic E-state index is 10.7. The van der Waals surface area contributed by atoms with Gasteiger partial charge in [0.25, 0.3) is 0 Å². The fourth-order valence-corrected chi connectivity index (χ4v) is 2.89. The second-order valence-corrected chi connectivity index (χ2v) is 5.57. The van der Waals surface area contributed by atoms with Gasteiger partial charge >= 0.3 is 5.97 Å². The molecule has 0 spiro atoms. The number of halogens is 3. The Kier molecular flexibility index (Phi) is 4.78. The lowest BCUT2D eigenvalue weighted by atomic mass is 10.1. The molecule has 0 aliphatic heterocycles. The van der Waals surface area contributed by atoms with Crippen LogP contribution in [0.4, 0.5) is 0 Å². The number of carbonyl (C=O) groups is 1. The number of carboxylic acids is 1. The highest BCUT2D eigenvalue weighted by Gasteiger charge is 2.19. The second kappa shape index (κ2) is 5.48. The van der Waals surface area contributed by atoms with Gasteiger partial charge in [-0.3, -0.25) is 4.79 Å². The van der Waals surface area contributed by atoms with Gasteiger partial charge in [0.1, 0.15) is 11.8 Å². The first kappa shape index (κ1) is 14.0. The molecule has 0 amide bonds. The molecule has 0 aliphatic rings. The molecule has 0 aliphatic carbocycles. The Morgan fingerprint density at radius 3 is 2.44 bits per heavy atom. The summed E-state index contributed by atoms with van der Waals surface area (Å²) in [5, 5.41) is 18.2. The molecular formula is C9H8Br3NO3. The van der Waals surface area contributed by atoms with Crippen molar-refractivity contribution in [2.24, 2.45) is 5.73 Å². The van der Waals surface area contributed by atoms with Crippen LogP contribution in [0.15, 0.2) is 19.5 Å². The Bertz CT molecular complexity index is 436. The van der Waals surface area contributed by atoms with Crippen molar-refractivity contribution in [3.63, 3.8) is 0 Å². The lowest BCUT2D eigenvalue weighted by Gasteiger charge is -2.13. The first-order chi connectivity index (χ1) is 7.34. The van der Waals surface area contributed by atoms with E-state index in [0.717, 1.165) is 0 Å². The molecule has 4 N–H and O–H groups in total. The van der Waals surface area contributed by atoms with Crippen LogP contribution in [-0.2, 0) is 11.2 Å². The van der Waals surface area contributed by atoms with Crippen LogP contribution < -0.4 is 5.73 Å². The Morgan fingerprint density at radius 2 is 1.94 bits per heavy atom. The zero-order valence-electron chi connectivity index (χ0n) is 7.88. The predicted molar refractivity (Wildman–Crippen MR) is 70.5 cm³/mol. The number of nitrogens with two attached hydrogens (primary N) is 1. The van der Waals surface area contributed by atoms with Gasteiger partial charge in [0.2, 0.25) is 0 Å². The SMILES string of the molecule is N[C@@H](Cc1c(Br)cc(O)c(Br)c1Br)C(=O)O. The van der Waals surface area contributed by atoms with Crippen LogP contribution in [0.2, 0.25) is 0 Å². The number of carboxylic acid groups (broad SMARTS) is 1. The summed E-state index contributed by atoms with van der Waals surface area (Å²) in [7, 11) is 0. The fraction of sp³-hybridized carbons (Fsp3) is 0.222. The monoisotopic (exact) mass is 415 g/mol. The van der Waals surface area contributed by atoms with E-state index in [9.17, 15) is 9.90 Å². The van der Waals surface area contributed by atoms with E-state index in [2.05, 4.69) is 47.8 Å². The molecule has 1 aromatic carbocycles. The van der Waals surface area contributed by atoms with Gasteiger partial charge in [0.15, 0.2) is 0 Å². The Balaban J connectivity index is 3.14. The van der Waals surface area contributed by atoms with Crippen molar-refractivity contribution in [2.75, 3.05) is 0 Å². The topological polar surface area (TPSA) is 83.5 Å². The van der Waals surface area contributed by atoms with Crippen molar-refractivity contribution in [1.29, 1.82) is 0 Å². The van der Waals surface area contributed by atoms with Gasteiger partial charge in [-0.05, 0) is 43.5 Å². The van der Waals surface area contributed by atoms with Crippen LogP contribution in [0, 0.1) is 0 Å². The van der Waals surface area contributed by atoms with E-state index < -0.39 is 12.0 Å². The van der Waals surface area contributed by atoms with Crippen LogP contribution >= 0.6 is 47.8 Å². The van der Waals surface area contributed by atoms with E-state index >= 15 is 0 Å². The third kappa shape index (κ3) is 2.97. The standard InChI is InChI=1S/C9H8Br3NO3/c10-4-2-6(14)8(12)7(11)3(4)1-5(13)9(15)16/h2,5,14H,1,13H2,(H,15,16)/t5-/m0/s1. The molecule has 4 nitrogen and oxygen atoms in total. The molecule has 1 rings (SSSR count). The van der Waals surface area contributed by atoms with Crippen molar-refractivity contribution < 1.29 is 15.0 Å². The summed E-state index contributed by atoms with van der Waals surface area (Å²) in [6.07, 6.45) is 0.162. The van der Waals surface area contributed by atoms with Crippen LogP contribution in [0.3, 0.4) is 0 Å². The highest BCUT2D eigenvalue weighted by atomic mass is 79.9. The van der Waals surface area contributed by atoms with Gasteiger partial charge in [-0.15, -0.1) is 0 Å². The molecule has 0 heterocycles. The molecule has 16 heavy (non-hydrogen) atoms. The summed E-state index contributed by atoms with van der Waals surface area (Å²) in [5.74, 6) is -1.01. The van der Waals surface area contributed by atoms with Gasteiger partial charge in [-0.25, -0.2) is 0 Å². The number of aliphatic carboxylic acids is 1. The molecule has 0 saturated carbocycles. The molecule has 1 atom stereocenters. The maximum Gasteiger partial charge on any atom is 0.320 e. The van der Waals surface area contributed by atoms with Crippen molar-refractivity contribution in [3.05, 3.63) is 25.0 Å². The quantitative estimate of drug-likeness (QED) is 0.660. The highest BCUT2D eigenvalue weighted by Crippen LogP contribution is 2.39. The van der Waals surface area contributed by atoms with Gasteiger partial charge in [-0.1, -0.05) is 15.9 Å². The number of hydrogen-bond acceptors (Lipinski definition) is 3. The van der Waals surface area contributed by atoms with Crippen LogP contribution in [-0.4, -0.2) is 22.2 Å². The van der Waals surface area contributed by atoms with E-state index in [1.165, 1.54) is 6.07 Å². The highest BCUT2D eigenvalue weighted by molar-refractivity contribution is 9.13. The number of aromatic hydroxyl groups is 1. The smallest absolute Gasteiger partial charge is 0.320 e. The zero-order valence-corrected chi connectivity index (χ0v) is 12.6. The van der Waals surface area contributed by atoms with Gasteiger partial charge in [0, 0.05) is 15.4 Å². The molecule has 0 fully saturated rings. The number of hydrogen-bond donors (Lipinski definition) is 3. The first-order valence-electron chi connectivity index (χ1n) is 4.18. The summed E-state index contributed by atoms with van der Waals surface area (Å²) in [6, 6.07) is 0.503. The number of rotatable bonds is 3. The van der Waals surface area contributed by atoms with Gasteiger partial charge in [-0.2, -0.15) is 0 Å². The largest absolute Gasteiger partial charge is 0.507 e. The third-order valence-electron chi connectivity index (χ3n) is 1.98. The molecule has 88 valence electrons. The minimum atomic E-state index is -1.07. The summed E-state index contributed by atoms with van der Waals surface area (Å²) in [6.45, 7) is 0. The van der Waals surface area contributed by atoms with Gasteiger partial charge in [0.05, 0.1) is 4.47 Å².